The number of nitrogens with one attached hydrogen (secondary N) is 2. The van der Waals surface area contributed by atoms with Crippen LogP contribution in [0.15, 0.2) is 78.0 Å². The molecular weight excluding hydrogens is 497 g/mol. The van der Waals surface area contributed by atoms with Gasteiger partial charge in [0.2, 0.25) is 5.95 Å². The maximum absolute atomic E-state index is 14.4. The Morgan fingerprint density at radius 3 is 2.77 bits per heavy atom. The molecule has 0 aliphatic heterocycles. The predicted octanol–water partition coefficient (Wildman–Crippen LogP) is 4.49. The lowest BCUT2D eigenvalue weighted by molar-refractivity contribution is 0.624. The van der Waals surface area contributed by atoms with Crippen LogP contribution in [-0.2, 0) is 0 Å². The summed E-state index contributed by atoms with van der Waals surface area (Å²) >= 11 is 0. The molecule has 11 heteroatoms. The van der Waals surface area contributed by atoms with Crippen molar-refractivity contribution < 1.29 is 4.39 Å². The molecular formula is C28H20FN9O. The number of H-pyrrole nitrogens is 1. The fourth-order valence-electron chi connectivity index (χ4n) is 4.59. The lowest BCUT2D eigenvalue weighted by atomic mass is 10.0. The van der Waals surface area contributed by atoms with E-state index < -0.39 is 11.9 Å². The highest BCUT2D eigenvalue weighted by Gasteiger charge is 2.22. The van der Waals surface area contributed by atoms with Gasteiger partial charge in [0.1, 0.15) is 34.7 Å². The second-order valence-corrected chi connectivity index (χ2v) is 8.90. The van der Waals surface area contributed by atoms with Crippen LogP contribution in [0.1, 0.15) is 24.4 Å². The van der Waals surface area contributed by atoms with E-state index in [1.807, 2.05) is 30.3 Å². The molecule has 4 N–H and O–H groups in total. The number of pyridine rings is 1. The van der Waals surface area contributed by atoms with Gasteiger partial charge >= 0.3 is 0 Å². The molecule has 190 valence electrons. The number of benzene rings is 2. The van der Waals surface area contributed by atoms with E-state index in [0.29, 0.717) is 22.2 Å². The molecule has 0 bridgehead atoms. The quantitative estimate of drug-likeness (QED) is 0.303. The Hall–Kier alpha value is -5.63. The maximum Gasteiger partial charge on any atom is 0.266 e. The molecule has 0 saturated heterocycles. The predicted molar refractivity (Wildman–Crippen MR) is 146 cm³/mol. The van der Waals surface area contributed by atoms with Crippen molar-refractivity contribution in [1.29, 1.82) is 5.26 Å². The van der Waals surface area contributed by atoms with Crippen LogP contribution in [0.25, 0.3) is 38.8 Å². The van der Waals surface area contributed by atoms with Gasteiger partial charge in [-0.25, -0.2) is 19.3 Å². The molecule has 2 aromatic carbocycles. The van der Waals surface area contributed by atoms with E-state index in [1.165, 1.54) is 29.0 Å². The summed E-state index contributed by atoms with van der Waals surface area (Å²) in [6, 6.07) is 16.4. The number of halogens is 1. The number of aromatic amines is 1. The van der Waals surface area contributed by atoms with E-state index in [1.54, 1.807) is 31.5 Å². The summed E-state index contributed by atoms with van der Waals surface area (Å²) in [5.74, 6) is -0.0417. The van der Waals surface area contributed by atoms with Crippen LogP contribution < -0.4 is 16.6 Å². The summed E-state index contributed by atoms with van der Waals surface area (Å²) < 4.78 is 15.7. The minimum atomic E-state index is -0.645. The van der Waals surface area contributed by atoms with Gasteiger partial charge in [0.15, 0.2) is 0 Å². The topological polar surface area (TPSA) is 151 Å². The number of anilines is 2. The van der Waals surface area contributed by atoms with Crippen molar-refractivity contribution in [3.8, 4) is 22.9 Å². The molecule has 0 fully saturated rings. The van der Waals surface area contributed by atoms with Crippen LogP contribution in [0.4, 0.5) is 16.2 Å². The van der Waals surface area contributed by atoms with Gasteiger partial charge in [0, 0.05) is 23.3 Å². The zero-order valence-electron chi connectivity index (χ0n) is 20.6. The zero-order chi connectivity index (χ0) is 27.1. The fourth-order valence-corrected chi connectivity index (χ4v) is 4.59. The Morgan fingerprint density at radius 2 is 1.95 bits per heavy atom. The van der Waals surface area contributed by atoms with Crippen LogP contribution in [0.2, 0.25) is 0 Å². The number of nitrogens with zero attached hydrogens (tertiary/aromatic N) is 6. The van der Waals surface area contributed by atoms with E-state index in [2.05, 4.69) is 25.3 Å². The third kappa shape index (κ3) is 4.19. The van der Waals surface area contributed by atoms with Gasteiger partial charge < -0.3 is 16.0 Å². The molecule has 0 amide bonds. The number of fused-ring (bicyclic) bond motifs is 2. The van der Waals surface area contributed by atoms with Crippen LogP contribution in [-0.4, -0.2) is 29.5 Å². The van der Waals surface area contributed by atoms with Crippen LogP contribution in [0.5, 0.6) is 0 Å². The molecule has 0 radical (unpaired) electrons. The second kappa shape index (κ2) is 9.35. The average Bonchev–Trinajstić information content (AvgIpc) is 3.41. The molecule has 39 heavy (non-hydrogen) atoms. The molecule has 0 aliphatic rings. The Kier molecular flexibility index (Phi) is 5.69. The van der Waals surface area contributed by atoms with E-state index in [9.17, 15) is 14.4 Å². The van der Waals surface area contributed by atoms with Gasteiger partial charge in [-0.05, 0) is 48.9 Å². The summed E-state index contributed by atoms with van der Waals surface area (Å²) in [6.07, 6.45) is 4.81. The highest BCUT2D eigenvalue weighted by Crippen LogP contribution is 2.30. The molecule has 0 unspecified atom stereocenters. The van der Waals surface area contributed by atoms with Crippen molar-refractivity contribution in [3.05, 3.63) is 101 Å². The third-order valence-electron chi connectivity index (χ3n) is 6.37. The first kappa shape index (κ1) is 23.7. The van der Waals surface area contributed by atoms with Crippen molar-refractivity contribution in [1.82, 2.24) is 29.5 Å². The molecule has 0 aliphatic carbocycles. The van der Waals surface area contributed by atoms with Gasteiger partial charge in [-0.2, -0.15) is 10.2 Å². The van der Waals surface area contributed by atoms with Crippen molar-refractivity contribution in [2.45, 2.75) is 13.0 Å². The third-order valence-corrected chi connectivity index (χ3v) is 6.37. The first-order chi connectivity index (χ1) is 18.9. The minimum absolute atomic E-state index is 0.0182. The van der Waals surface area contributed by atoms with Crippen molar-refractivity contribution in [3.63, 3.8) is 0 Å². The maximum atomic E-state index is 14.4. The Bertz CT molecular complexity index is 1990. The number of nitrogen functional groups attached to an aromatic ring is 1. The number of hydrogen-bond acceptors (Lipinski definition) is 8. The first-order valence-corrected chi connectivity index (χ1v) is 12.0. The lowest BCUT2D eigenvalue weighted by Crippen LogP contribution is -2.28. The molecule has 10 nitrogen and oxygen atoms in total. The standard InChI is InChI=1S/C28H20FN9O/c1-15(35-25-18(12-30)14-34-28(31)37-25)26-36-22-7-3-6-21(17-10-16-8-9-32-24(16)33-13-17)23(22)27(39)38(26)20-5-2-4-19(29)11-20/h2-11,13-15H,1H3,(H,32,33)(H3,31,34,35,37)/t15-/m1/s1. The number of rotatable bonds is 5. The largest absolute Gasteiger partial charge is 0.368 e. The van der Waals surface area contributed by atoms with Crippen LogP contribution in [0.3, 0.4) is 0 Å². The van der Waals surface area contributed by atoms with Crippen molar-refractivity contribution >= 4 is 33.7 Å². The summed E-state index contributed by atoms with van der Waals surface area (Å²) in [6.45, 7) is 1.76. The van der Waals surface area contributed by atoms with Gasteiger partial charge in [0.05, 0.1) is 28.8 Å². The summed E-state index contributed by atoms with van der Waals surface area (Å²) in [4.78, 5) is 34.6. The summed E-state index contributed by atoms with van der Waals surface area (Å²) in [7, 11) is 0. The Morgan fingerprint density at radius 1 is 1.10 bits per heavy atom. The molecule has 6 rings (SSSR count). The van der Waals surface area contributed by atoms with Gasteiger partial charge in [0.25, 0.3) is 5.56 Å². The highest BCUT2D eigenvalue weighted by molar-refractivity contribution is 5.96. The van der Waals surface area contributed by atoms with Crippen LogP contribution in [0, 0.1) is 17.1 Å². The van der Waals surface area contributed by atoms with Crippen molar-refractivity contribution in [2.75, 3.05) is 11.1 Å². The van der Waals surface area contributed by atoms with E-state index in [-0.39, 0.29) is 28.7 Å². The number of nitriles is 1. The smallest absolute Gasteiger partial charge is 0.266 e. The van der Waals surface area contributed by atoms with Crippen LogP contribution >= 0.6 is 0 Å². The number of aromatic nitrogens is 6. The zero-order valence-corrected chi connectivity index (χ0v) is 20.6. The Labute approximate surface area is 220 Å². The normalized spacial score (nSPS) is 11.9. The average molecular weight is 518 g/mol. The van der Waals surface area contributed by atoms with E-state index in [0.717, 1.165) is 16.6 Å². The first-order valence-electron chi connectivity index (χ1n) is 12.0. The van der Waals surface area contributed by atoms with Crippen molar-refractivity contribution in [2.24, 2.45) is 0 Å². The van der Waals surface area contributed by atoms with E-state index >= 15 is 0 Å². The molecule has 0 spiro atoms. The molecule has 6 aromatic rings. The summed E-state index contributed by atoms with van der Waals surface area (Å²) in [5, 5.41) is 13.9. The fraction of sp³-hybridized carbons (Fsp3) is 0.0714. The molecule has 4 aromatic heterocycles. The monoisotopic (exact) mass is 517 g/mol. The van der Waals surface area contributed by atoms with Gasteiger partial charge in [-0.3, -0.25) is 9.36 Å². The lowest BCUT2D eigenvalue weighted by Gasteiger charge is -2.21. The molecule has 0 saturated carbocycles. The number of hydrogen-bond donors (Lipinski definition) is 3. The van der Waals surface area contributed by atoms with Gasteiger partial charge in [-0.1, -0.05) is 18.2 Å². The Balaban J connectivity index is 1.59. The van der Waals surface area contributed by atoms with Gasteiger partial charge in [-0.15, -0.1) is 0 Å². The molecule has 1 atom stereocenters. The minimum Gasteiger partial charge on any atom is -0.368 e. The highest BCUT2D eigenvalue weighted by atomic mass is 19.1. The number of nitrogens with two attached hydrogens (primary N) is 1. The SMILES string of the molecule is C[C@@H](Nc1nc(N)ncc1C#N)c1nc2cccc(-c3cnc4[nH]ccc4c3)c2c(=O)n1-c1cccc(F)c1. The molecule has 4 heterocycles. The van der Waals surface area contributed by atoms with E-state index in [4.69, 9.17) is 10.7 Å². The summed E-state index contributed by atoms with van der Waals surface area (Å²) in [5.41, 5.74) is 8.40. The second-order valence-electron chi connectivity index (χ2n) is 8.90.